The first-order chi connectivity index (χ1) is 25.2. The second-order valence-corrected chi connectivity index (χ2v) is 14.5. The Morgan fingerprint density at radius 1 is 0.529 bits per heavy atom. The number of nitrogens with two attached hydrogens (primary N) is 1. The molecule has 7 aromatic rings. The predicted octanol–water partition coefficient (Wildman–Crippen LogP) is 10.1. The number of amidine groups is 1. The Labute approximate surface area is 302 Å². The molecule has 0 aromatic heterocycles. The van der Waals surface area contributed by atoms with E-state index in [2.05, 4.69) is 156 Å². The third kappa shape index (κ3) is 4.69. The molecule has 1 spiro atoms. The molecule has 1 aliphatic carbocycles. The van der Waals surface area contributed by atoms with Gasteiger partial charge >= 0.3 is 0 Å². The van der Waals surface area contributed by atoms with E-state index < -0.39 is 5.41 Å². The number of nitrogens with zero attached hydrogens (tertiary/aromatic N) is 1. The van der Waals surface area contributed by atoms with Crippen molar-refractivity contribution in [2.45, 2.75) is 27.5 Å². The molecule has 10 rings (SSSR count). The van der Waals surface area contributed by atoms with E-state index in [0.717, 1.165) is 33.8 Å². The van der Waals surface area contributed by atoms with E-state index >= 15 is 0 Å². The van der Waals surface area contributed by atoms with Gasteiger partial charge in [-0.05, 0) is 79.9 Å². The first-order valence-corrected chi connectivity index (χ1v) is 18.2. The summed E-state index contributed by atoms with van der Waals surface area (Å²) in [5.41, 5.74) is 20.1. The summed E-state index contributed by atoms with van der Waals surface area (Å²) in [6.45, 7) is 0. The van der Waals surface area contributed by atoms with E-state index in [-0.39, 0.29) is 12.3 Å². The lowest BCUT2D eigenvalue weighted by Crippen LogP contribution is -2.44. The molecule has 0 saturated heterocycles. The number of rotatable bonds is 4. The number of benzene rings is 7. The molecule has 4 nitrogen and oxygen atoms in total. The van der Waals surface area contributed by atoms with Gasteiger partial charge in [0.05, 0.1) is 5.41 Å². The van der Waals surface area contributed by atoms with Crippen LogP contribution in [0.3, 0.4) is 0 Å². The Hall–Kier alpha value is -5.88. The van der Waals surface area contributed by atoms with Crippen LogP contribution in [0.2, 0.25) is 0 Å². The van der Waals surface area contributed by atoms with Crippen molar-refractivity contribution in [3.63, 3.8) is 0 Å². The minimum atomic E-state index is -0.410. The zero-order chi connectivity index (χ0) is 33.9. The fraction of sp³-hybridized carbons (Fsp3) is 0.0652. The largest absolute Gasteiger partial charge is 0.399 e. The standard InChI is InChI=1S/C46H34N4S/c47-33-18-11-17-32(28-33)45-49-43(29-13-2-1-3-14-29)48-44(50-45)31-16-10-15-30(27-31)34-21-12-25-40-42(34)51-41-26-9-8-24-39(41)46(40)37-22-6-4-19-35(37)36-20-5-7-23-38(36)46/h1-28,43,45,49H,47H2,(H,48,50). The molecule has 0 bridgehead atoms. The highest BCUT2D eigenvalue weighted by atomic mass is 32.2. The van der Waals surface area contributed by atoms with Crippen molar-refractivity contribution in [3.8, 4) is 22.3 Å². The van der Waals surface area contributed by atoms with Gasteiger partial charge < -0.3 is 11.1 Å². The third-order valence-corrected chi connectivity index (χ3v) is 11.8. The maximum absolute atomic E-state index is 6.23. The van der Waals surface area contributed by atoms with Crippen molar-refractivity contribution in [2.24, 2.45) is 4.99 Å². The van der Waals surface area contributed by atoms with Crippen LogP contribution in [0.15, 0.2) is 185 Å². The number of fused-ring (bicyclic) bond motifs is 9. The third-order valence-electron chi connectivity index (χ3n) is 10.5. The van der Waals surface area contributed by atoms with Gasteiger partial charge in [-0.15, -0.1) is 0 Å². The quantitative estimate of drug-likeness (QED) is 0.163. The summed E-state index contributed by atoms with van der Waals surface area (Å²) >= 11 is 1.88. The van der Waals surface area contributed by atoms with Gasteiger partial charge in [-0.25, -0.2) is 4.99 Å². The fourth-order valence-electron chi connectivity index (χ4n) is 8.36. The number of nitrogen functional groups attached to an aromatic ring is 1. The van der Waals surface area contributed by atoms with Gasteiger partial charge in [0.25, 0.3) is 0 Å². The van der Waals surface area contributed by atoms with Gasteiger partial charge in [0.1, 0.15) is 18.2 Å². The summed E-state index contributed by atoms with van der Waals surface area (Å²) in [4.78, 5) is 7.82. The molecule has 5 heteroatoms. The first-order valence-electron chi connectivity index (χ1n) is 17.4. The lowest BCUT2D eigenvalue weighted by atomic mass is 9.67. The summed E-state index contributed by atoms with van der Waals surface area (Å²) < 4.78 is 0. The molecular weight excluding hydrogens is 641 g/mol. The Morgan fingerprint density at radius 2 is 1.14 bits per heavy atom. The molecule has 244 valence electrons. The maximum atomic E-state index is 6.23. The van der Waals surface area contributed by atoms with Crippen LogP contribution in [-0.2, 0) is 5.41 Å². The highest BCUT2D eigenvalue weighted by Crippen LogP contribution is 2.63. The van der Waals surface area contributed by atoms with E-state index in [1.165, 1.54) is 48.7 Å². The van der Waals surface area contributed by atoms with Crippen molar-refractivity contribution in [1.29, 1.82) is 0 Å². The molecule has 2 heterocycles. The summed E-state index contributed by atoms with van der Waals surface area (Å²) in [6.07, 6.45) is -0.398. The van der Waals surface area contributed by atoms with Crippen LogP contribution in [0, 0.1) is 0 Å². The van der Waals surface area contributed by atoms with E-state index in [1.807, 2.05) is 36.0 Å². The average molecular weight is 675 g/mol. The van der Waals surface area contributed by atoms with Crippen LogP contribution >= 0.6 is 11.8 Å². The highest BCUT2D eigenvalue weighted by Gasteiger charge is 2.50. The second-order valence-electron chi connectivity index (χ2n) is 13.4. The molecule has 51 heavy (non-hydrogen) atoms. The second kappa shape index (κ2) is 11.9. The lowest BCUT2D eigenvalue weighted by Gasteiger charge is -2.40. The van der Waals surface area contributed by atoms with Crippen LogP contribution in [0.25, 0.3) is 22.3 Å². The average Bonchev–Trinajstić information content (AvgIpc) is 3.49. The van der Waals surface area contributed by atoms with E-state index in [0.29, 0.717) is 0 Å². The van der Waals surface area contributed by atoms with Crippen LogP contribution < -0.4 is 16.4 Å². The maximum Gasteiger partial charge on any atom is 0.131 e. The molecule has 3 aliphatic rings. The topological polar surface area (TPSA) is 62.4 Å². The Morgan fingerprint density at radius 3 is 1.92 bits per heavy atom. The fourth-order valence-corrected chi connectivity index (χ4v) is 9.69. The van der Waals surface area contributed by atoms with Crippen LogP contribution in [0.4, 0.5) is 5.69 Å². The zero-order valence-electron chi connectivity index (χ0n) is 27.8. The Balaban J connectivity index is 1.13. The first kappa shape index (κ1) is 30.0. The number of nitrogens with one attached hydrogen (secondary N) is 2. The Bertz CT molecular complexity index is 2460. The van der Waals surface area contributed by atoms with E-state index in [9.17, 15) is 0 Å². The molecule has 7 aromatic carbocycles. The summed E-state index contributed by atoms with van der Waals surface area (Å²) in [5.74, 6) is 0.842. The smallest absolute Gasteiger partial charge is 0.131 e. The normalized spacial score (nSPS) is 17.8. The van der Waals surface area contributed by atoms with Crippen molar-refractivity contribution >= 4 is 23.3 Å². The van der Waals surface area contributed by atoms with Crippen molar-refractivity contribution < 1.29 is 0 Å². The molecule has 0 amide bonds. The SMILES string of the molecule is Nc1cccc(C2N=C(c3cccc(-c4cccc5c4Sc4ccccc4C54c5ccccc5-c5ccccc54)c3)NC(c3ccccc3)N2)c1. The predicted molar refractivity (Wildman–Crippen MR) is 209 cm³/mol. The van der Waals surface area contributed by atoms with Gasteiger partial charge in [0.15, 0.2) is 0 Å². The van der Waals surface area contributed by atoms with Crippen molar-refractivity contribution in [3.05, 3.63) is 209 Å². The molecule has 2 atom stereocenters. The van der Waals surface area contributed by atoms with E-state index in [4.69, 9.17) is 10.7 Å². The number of anilines is 1. The van der Waals surface area contributed by atoms with Crippen LogP contribution in [-0.4, -0.2) is 5.84 Å². The van der Waals surface area contributed by atoms with Gasteiger partial charge in [-0.3, -0.25) is 5.32 Å². The number of hydrogen-bond acceptors (Lipinski definition) is 5. The van der Waals surface area contributed by atoms with Crippen molar-refractivity contribution in [2.75, 3.05) is 5.73 Å². The molecule has 2 unspecified atom stereocenters. The minimum Gasteiger partial charge on any atom is -0.399 e. The summed E-state index contributed by atoms with van der Waals surface area (Å²) in [6, 6.07) is 61.1. The van der Waals surface area contributed by atoms with E-state index in [1.54, 1.807) is 0 Å². The molecule has 0 fully saturated rings. The number of aliphatic imine (C=N–C) groups is 1. The molecule has 0 saturated carbocycles. The lowest BCUT2D eigenvalue weighted by molar-refractivity contribution is 0.409. The van der Waals surface area contributed by atoms with Gasteiger partial charge in [-0.2, -0.15) is 0 Å². The highest BCUT2D eigenvalue weighted by molar-refractivity contribution is 7.99. The summed E-state index contributed by atoms with van der Waals surface area (Å²) in [5, 5.41) is 7.41. The summed E-state index contributed by atoms with van der Waals surface area (Å²) in [7, 11) is 0. The zero-order valence-corrected chi connectivity index (χ0v) is 28.6. The molecular formula is C46H34N4S. The van der Waals surface area contributed by atoms with Crippen LogP contribution in [0.1, 0.15) is 51.3 Å². The molecule has 0 radical (unpaired) electrons. The van der Waals surface area contributed by atoms with Crippen molar-refractivity contribution in [1.82, 2.24) is 10.6 Å². The minimum absolute atomic E-state index is 0.132. The number of hydrogen-bond donors (Lipinski definition) is 3. The Kier molecular flexibility index (Phi) is 6.98. The van der Waals surface area contributed by atoms with Gasteiger partial charge in [0.2, 0.25) is 0 Å². The molecule has 2 aliphatic heterocycles. The monoisotopic (exact) mass is 674 g/mol. The molecule has 4 N–H and O–H groups in total. The van der Waals surface area contributed by atoms with Crippen LogP contribution in [0.5, 0.6) is 0 Å². The van der Waals surface area contributed by atoms with Gasteiger partial charge in [-0.1, -0.05) is 157 Å². The van der Waals surface area contributed by atoms with Gasteiger partial charge in [0, 0.05) is 21.0 Å².